The number of likely N-dealkylation sites (tertiary alicyclic amines) is 1. The van der Waals surface area contributed by atoms with Crippen molar-refractivity contribution in [2.24, 2.45) is 5.92 Å². The van der Waals surface area contributed by atoms with Crippen LogP contribution in [0.2, 0.25) is 0 Å². The first kappa shape index (κ1) is 20.3. The van der Waals surface area contributed by atoms with Gasteiger partial charge in [0.05, 0.1) is 4.90 Å². The predicted octanol–water partition coefficient (Wildman–Crippen LogP) is 3.50. The van der Waals surface area contributed by atoms with Crippen LogP contribution in [0.1, 0.15) is 56.1 Å². The van der Waals surface area contributed by atoms with Crippen molar-refractivity contribution in [3.05, 3.63) is 29.3 Å². The highest BCUT2D eigenvalue weighted by molar-refractivity contribution is 7.89. The van der Waals surface area contributed by atoms with Gasteiger partial charge in [0, 0.05) is 32.1 Å². The highest BCUT2D eigenvalue weighted by Crippen LogP contribution is 2.27. The molecule has 1 aromatic rings. The monoisotopic (exact) mass is 392 g/mol. The van der Waals surface area contributed by atoms with E-state index in [-0.39, 0.29) is 11.8 Å². The normalized spacial score (nSPS) is 20.9. The molecule has 2 saturated heterocycles. The standard InChI is InChI=1S/C21H32N2O3S/c1-17-8-9-20(18(2)16-17)27(25,26)23-14-10-19(11-15-23)21(24)22-12-6-4-3-5-7-13-22/h8-9,16,19H,3-7,10-15H2,1-2H3. The van der Waals surface area contributed by atoms with Crippen molar-refractivity contribution in [2.45, 2.75) is 63.7 Å². The summed E-state index contributed by atoms with van der Waals surface area (Å²) in [5, 5.41) is 0. The molecule has 2 heterocycles. The van der Waals surface area contributed by atoms with Crippen molar-refractivity contribution in [1.29, 1.82) is 0 Å². The lowest BCUT2D eigenvalue weighted by Gasteiger charge is -2.34. The number of carbonyl (C=O) groups is 1. The summed E-state index contributed by atoms with van der Waals surface area (Å²) >= 11 is 0. The molecule has 1 amide bonds. The molecule has 27 heavy (non-hydrogen) atoms. The number of nitrogens with zero attached hydrogens (tertiary/aromatic N) is 2. The van der Waals surface area contributed by atoms with E-state index in [2.05, 4.69) is 0 Å². The summed E-state index contributed by atoms with van der Waals surface area (Å²) in [6, 6.07) is 5.46. The van der Waals surface area contributed by atoms with Gasteiger partial charge in [-0.25, -0.2) is 8.42 Å². The number of amides is 1. The van der Waals surface area contributed by atoms with Crippen LogP contribution in [0.25, 0.3) is 0 Å². The van der Waals surface area contributed by atoms with E-state index < -0.39 is 10.0 Å². The van der Waals surface area contributed by atoms with Crippen LogP contribution in [0.3, 0.4) is 0 Å². The van der Waals surface area contributed by atoms with E-state index in [1.165, 1.54) is 19.3 Å². The molecular weight excluding hydrogens is 360 g/mol. The maximum absolute atomic E-state index is 13.0. The number of hydrogen-bond acceptors (Lipinski definition) is 3. The van der Waals surface area contributed by atoms with Crippen LogP contribution in [-0.4, -0.2) is 49.7 Å². The molecule has 0 radical (unpaired) electrons. The first-order valence-electron chi connectivity index (χ1n) is 10.3. The molecule has 0 aromatic heterocycles. The first-order valence-corrected chi connectivity index (χ1v) is 11.7. The van der Waals surface area contributed by atoms with E-state index in [1.807, 2.05) is 30.9 Å². The Morgan fingerprint density at radius 3 is 2.11 bits per heavy atom. The largest absolute Gasteiger partial charge is 0.342 e. The summed E-state index contributed by atoms with van der Waals surface area (Å²) in [7, 11) is -3.49. The highest BCUT2D eigenvalue weighted by atomic mass is 32.2. The van der Waals surface area contributed by atoms with Gasteiger partial charge < -0.3 is 4.90 Å². The van der Waals surface area contributed by atoms with E-state index >= 15 is 0 Å². The van der Waals surface area contributed by atoms with Crippen molar-refractivity contribution in [3.63, 3.8) is 0 Å². The van der Waals surface area contributed by atoms with Gasteiger partial charge in [-0.05, 0) is 51.2 Å². The Morgan fingerprint density at radius 2 is 1.52 bits per heavy atom. The van der Waals surface area contributed by atoms with Gasteiger partial charge in [0.2, 0.25) is 15.9 Å². The number of piperidine rings is 1. The number of benzene rings is 1. The van der Waals surface area contributed by atoms with Crippen LogP contribution < -0.4 is 0 Å². The molecular formula is C21H32N2O3S. The highest BCUT2D eigenvalue weighted by Gasteiger charge is 2.34. The maximum Gasteiger partial charge on any atom is 0.243 e. The molecule has 2 aliphatic rings. The smallest absolute Gasteiger partial charge is 0.243 e. The fraction of sp³-hybridized carbons (Fsp3) is 0.667. The Hall–Kier alpha value is -1.40. The van der Waals surface area contributed by atoms with Crippen LogP contribution in [0.5, 0.6) is 0 Å². The quantitative estimate of drug-likeness (QED) is 0.791. The Kier molecular flexibility index (Phi) is 6.58. The van der Waals surface area contributed by atoms with Crippen LogP contribution in [0, 0.1) is 19.8 Å². The molecule has 2 fully saturated rings. The molecule has 0 spiro atoms. The lowest BCUT2D eigenvalue weighted by molar-refractivity contribution is -0.137. The third-order valence-corrected chi connectivity index (χ3v) is 7.98. The third-order valence-electron chi connectivity index (χ3n) is 5.92. The fourth-order valence-corrected chi connectivity index (χ4v) is 5.97. The van der Waals surface area contributed by atoms with Crippen molar-refractivity contribution >= 4 is 15.9 Å². The van der Waals surface area contributed by atoms with Crippen molar-refractivity contribution in [3.8, 4) is 0 Å². The maximum atomic E-state index is 13.0. The Morgan fingerprint density at radius 1 is 0.926 bits per heavy atom. The van der Waals surface area contributed by atoms with Crippen molar-refractivity contribution in [2.75, 3.05) is 26.2 Å². The van der Waals surface area contributed by atoms with Gasteiger partial charge in [-0.2, -0.15) is 4.31 Å². The van der Waals surface area contributed by atoms with Gasteiger partial charge >= 0.3 is 0 Å². The number of sulfonamides is 1. The summed E-state index contributed by atoms with van der Waals surface area (Å²) in [5.41, 5.74) is 1.85. The zero-order valence-corrected chi connectivity index (χ0v) is 17.4. The van der Waals surface area contributed by atoms with Gasteiger partial charge in [0.25, 0.3) is 0 Å². The molecule has 1 aromatic carbocycles. The van der Waals surface area contributed by atoms with Gasteiger partial charge in [-0.1, -0.05) is 37.0 Å². The predicted molar refractivity (Wildman–Crippen MR) is 107 cm³/mol. The zero-order chi connectivity index (χ0) is 19.4. The minimum Gasteiger partial charge on any atom is -0.342 e. The minimum atomic E-state index is -3.49. The lowest BCUT2D eigenvalue weighted by Crippen LogP contribution is -2.45. The average Bonchev–Trinajstić information content (AvgIpc) is 2.61. The summed E-state index contributed by atoms with van der Waals surface area (Å²) in [4.78, 5) is 15.3. The van der Waals surface area contributed by atoms with E-state index in [0.717, 1.165) is 37.1 Å². The van der Waals surface area contributed by atoms with Gasteiger partial charge in [0.1, 0.15) is 0 Å². The molecule has 0 N–H and O–H groups in total. The van der Waals surface area contributed by atoms with Crippen molar-refractivity contribution in [1.82, 2.24) is 9.21 Å². The minimum absolute atomic E-state index is 0.0324. The van der Waals surface area contributed by atoms with E-state index in [0.29, 0.717) is 30.8 Å². The Labute approximate surface area is 163 Å². The zero-order valence-electron chi connectivity index (χ0n) is 16.6. The van der Waals surface area contributed by atoms with E-state index in [1.54, 1.807) is 10.4 Å². The third kappa shape index (κ3) is 4.72. The molecule has 6 heteroatoms. The van der Waals surface area contributed by atoms with E-state index in [4.69, 9.17) is 0 Å². The summed E-state index contributed by atoms with van der Waals surface area (Å²) in [5.74, 6) is 0.204. The molecule has 0 saturated carbocycles. The number of aryl methyl sites for hydroxylation is 2. The first-order chi connectivity index (χ1) is 12.9. The number of carbonyl (C=O) groups excluding carboxylic acids is 1. The van der Waals surface area contributed by atoms with Crippen molar-refractivity contribution < 1.29 is 13.2 Å². The molecule has 3 rings (SSSR count). The van der Waals surface area contributed by atoms with Crippen LogP contribution in [0.15, 0.2) is 23.1 Å². The second-order valence-electron chi connectivity index (χ2n) is 8.04. The summed E-state index contributed by atoms with van der Waals surface area (Å²) in [6.45, 7) is 6.39. The summed E-state index contributed by atoms with van der Waals surface area (Å²) in [6.07, 6.45) is 7.11. The SMILES string of the molecule is Cc1ccc(S(=O)(=O)N2CCC(C(=O)N3CCCCCCC3)CC2)c(C)c1. The van der Waals surface area contributed by atoms with Gasteiger partial charge in [0.15, 0.2) is 0 Å². The molecule has 0 unspecified atom stereocenters. The number of hydrogen-bond donors (Lipinski definition) is 0. The Balaban J connectivity index is 1.63. The molecule has 5 nitrogen and oxygen atoms in total. The second-order valence-corrected chi connectivity index (χ2v) is 9.95. The van der Waals surface area contributed by atoms with E-state index in [9.17, 15) is 13.2 Å². The molecule has 150 valence electrons. The summed E-state index contributed by atoms with van der Waals surface area (Å²) < 4.78 is 27.6. The topological polar surface area (TPSA) is 57.7 Å². The molecule has 0 atom stereocenters. The van der Waals surface area contributed by atoms with Crippen LogP contribution >= 0.6 is 0 Å². The molecule has 0 bridgehead atoms. The van der Waals surface area contributed by atoms with Crippen LogP contribution in [-0.2, 0) is 14.8 Å². The fourth-order valence-electron chi connectivity index (χ4n) is 4.30. The Bertz CT molecular complexity index is 760. The second kappa shape index (κ2) is 8.74. The molecule has 0 aliphatic carbocycles. The lowest BCUT2D eigenvalue weighted by atomic mass is 9.95. The molecule has 2 aliphatic heterocycles. The number of rotatable bonds is 3. The van der Waals surface area contributed by atoms with Gasteiger partial charge in [-0.15, -0.1) is 0 Å². The van der Waals surface area contributed by atoms with Crippen LogP contribution in [0.4, 0.5) is 0 Å². The average molecular weight is 393 g/mol. The van der Waals surface area contributed by atoms with Gasteiger partial charge in [-0.3, -0.25) is 4.79 Å².